The number of nitrogens with zero attached hydrogens (tertiary/aromatic N) is 3. The van der Waals surface area contributed by atoms with Crippen LogP contribution in [0.4, 0.5) is 0 Å². The molecule has 2 aromatic heterocycles. The molecule has 0 fully saturated rings. The molecule has 388 valence electrons. The van der Waals surface area contributed by atoms with Gasteiger partial charge in [-0.15, -0.1) is 0 Å². The third kappa shape index (κ3) is 9.17. The molecule has 0 atom stereocenters. The largest absolute Gasteiger partial charge is 0.309 e. The van der Waals surface area contributed by atoms with Crippen molar-refractivity contribution in [3.63, 3.8) is 0 Å². The summed E-state index contributed by atoms with van der Waals surface area (Å²) in [5, 5.41) is 4.66. The molecule has 0 saturated carbocycles. The van der Waals surface area contributed by atoms with Gasteiger partial charge in [0, 0.05) is 33.2 Å². The van der Waals surface area contributed by atoms with E-state index >= 15 is 0 Å². The molecule has 13 aromatic carbocycles. The van der Waals surface area contributed by atoms with Crippen molar-refractivity contribution in [3.05, 3.63) is 322 Å². The highest BCUT2D eigenvalue weighted by Gasteiger charge is 2.25. The molecule has 2 heterocycles. The van der Waals surface area contributed by atoms with Gasteiger partial charge < -0.3 is 4.57 Å². The average Bonchev–Trinajstić information content (AvgIpc) is 4.11. The lowest BCUT2D eigenvalue weighted by Crippen LogP contribution is -1.98. The van der Waals surface area contributed by atoms with Crippen molar-refractivity contribution in [2.24, 2.45) is 0 Å². The van der Waals surface area contributed by atoms with E-state index in [0.29, 0.717) is 5.82 Å². The second-order valence-electron chi connectivity index (χ2n) is 21.2. The van der Waals surface area contributed by atoms with Crippen LogP contribution >= 0.6 is 0 Å². The van der Waals surface area contributed by atoms with Gasteiger partial charge in [-0.25, -0.2) is 9.97 Å². The molecule has 15 aromatic rings. The molecule has 0 N–H and O–H groups in total. The summed E-state index contributed by atoms with van der Waals surface area (Å²) in [6.45, 7) is 0. The first-order valence-corrected chi connectivity index (χ1v) is 28.4. The Balaban J connectivity index is 0.926. The fourth-order valence-corrected chi connectivity index (χ4v) is 12.3. The highest BCUT2D eigenvalue weighted by atomic mass is 15.0. The topological polar surface area (TPSA) is 30.7 Å². The quantitative estimate of drug-likeness (QED) is 0.129. The molecule has 3 nitrogen and oxygen atoms in total. The summed E-state index contributed by atoms with van der Waals surface area (Å²) in [4.78, 5) is 10.9. The van der Waals surface area contributed by atoms with Gasteiger partial charge in [0.2, 0.25) is 0 Å². The molecule has 0 saturated heterocycles. The van der Waals surface area contributed by atoms with Crippen molar-refractivity contribution in [1.82, 2.24) is 14.5 Å². The number of hydrogen-bond acceptors (Lipinski definition) is 2. The summed E-state index contributed by atoms with van der Waals surface area (Å²) < 4.78 is 2.38. The van der Waals surface area contributed by atoms with Gasteiger partial charge in [-0.2, -0.15) is 0 Å². The third-order valence-corrected chi connectivity index (χ3v) is 16.2. The van der Waals surface area contributed by atoms with E-state index in [1.165, 1.54) is 38.6 Å². The van der Waals surface area contributed by atoms with Gasteiger partial charge in [0.15, 0.2) is 5.82 Å². The summed E-state index contributed by atoms with van der Waals surface area (Å²) in [6.07, 6.45) is 0. The first-order valence-electron chi connectivity index (χ1n) is 28.4. The summed E-state index contributed by atoms with van der Waals surface area (Å²) >= 11 is 0. The van der Waals surface area contributed by atoms with Gasteiger partial charge in [-0.3, -0.25) is 0 Å². The SMILES string of the molecule is c1ccc(-c2cc(-c3ccc(-c4cc(-c5ccccc5)nc(-c5cccc6c5c5cc7ccccc7cc5n6-c5ccccc5)n4)cc3)cc(-c3cc(-c4ccccc4)c(-c4ccccc4)c(-c4ccccc4)c3-c3ccccc3)c2)cc1. The molecule has 0 radical (unpaired) electrons. The van der Waals surface area contributed by atoms with Crippen LogP contribution in [0.15, 0.2) is 322 Å². The Morgan fingerprint density at radius 3 is 1.19 bits per heavy atom. The van der Waals surface area contributed by atoms with E-state index in [9.17, 15) is 0 Å². The Hall–Kier alpha value is -11.0. The number of rotatable bonds is 11. The average molecular weight is 1060 g/mol. The molecule has 3 heteroatoms. The van der Waals surface area contributed by atoms with E-state index < -0.39 is 0 Å². The smallest absolute Gasteiger partial charge is 0.161 e. The van der Waals surface area contributed by atoms with Crippen LogP contribution in [0.25, 0.3) is 150 Å². The second-order valence-corrected chi connectivity index (χ2v) is 21.2. The van der Waals surface area contributed by atoms with Crippen molar-refractivity contribution in [2.75, 3.05) is 0 Å². The van der Waals surface area contributed by atoms with Crippen molar-refractivity contribution in [1.29, 1.82) is 0 Å². The van der Waals surface area contributed by atoms with E-state index in [-0.39, 0.29) is 0 Å². The maximum absolute atomic E-state index is 5.52. The Labute approximate surface area is 483 Å². The molecule has 0 aliphatic heterocycles. The number of benzene rings is 13. The third-order valence-electron chi connectivity index (χ3n) is 16.2. The standard InChI is InChI=1S/C80H53N3/c1-8-25-54(26-9-1)64-47-65(49-66(48-64)70-52-69(56-27-10-2-11-28-56)76(59-31-14-4-15-32-59)78(61-35-18-6-19-36-61)77(70)60-33-16-5-17-34-60)55-43-45-58(46-44-55)73-53-72(57-29-12-3-13-30-57)81-80(82-73)68-41-24-42-74-79(68)71-50-62-37-22-23-38-63(62)51-75(71)83(74)67-39-20-7-21-40-67/h1-53H. The summed E-state index contributed by atoms with van der Waals surface area (Å²) in [5.74, 6) is 0.675. The molecular weight excluding hydrogens is 1000 g/mol. The minimum atomic E-state index is 0.675. The van der Waals surface area contributed by atoms with Crippen molar-refractivity contribution in [2.45, 2.75) is 0 Å². The summed E-state index contributed by atoms with van der Waals surface area (Å²) in [6, 6.07) is 116. The van der Waals surface area contributed by atoms with Crippen LogP contribution in [-0.4, -0.2) is 14.5 Å². The lowest BCUT2D eigenvalue weighted by Gasteiger charge is -2.25. The number of para-hydroxylation sites is 1. The molecule has 0 bridgehead atoms. The summed E-state index contributed by atoms with van der Waals surface area (Å²) in [7, 11) is 0. The van der Waals surface area contributed by atoms with Gasteiger partial charge in [0.1, 0.15) is 0 Å². The van der Waals surface area contributed by atoms with Gasteiger partial charge >= 0.3 is 0 Å². The minimum absolute atomic E-state index is 0.675. The minimum Gasteiger partial charge on any atom is -0.309 e. The van der Waals surface area contributed by atoms with Crippen LogP contribution in [0, 0.1) is 0 Å². The lowest BCUT2D eigenvalue weighted by molar-refractivity contribution is 1.17. The van der Waals surface area contributed by atoms with E-state index in [2.05, 4.69) is 326 Å². The van der Waals surface area contributed by atoms with Gasteiger partial charge in [0.25, 0.3) is 0 Å². The van der Waals surface area contributed by atoms with Crippen LogP contribution in [0.2, 0.25) is 0 Å². The van der Waals surface area contributed by atoms with Gasteiger partial charge in [0.05, 0.1) is 22.4 Å². The zero-order valence-corrected chi connectivity index (χ0v) is 45.4. The molecular formula is C80H53N3. The van der Waals surface area contributed by atoms with Crippen molar-refractivity contribution >= 4 is 32.6 Å². The lowest BCUT2D eigenvalue weighted by atomic mass is 9.78. The van der Waals surface area contributed by atoms with Crippen LogP contribution in [-0.2, 0) is 0 Å². The van der Waals surface area contributed by atoms with E-state index in [1.807, 2.05) is 0 Å². The zero-order chi connectivity index (χ0) is 55.1. The maximum atomic E-state index is 5.52. The van der Waals surface area contributed by atoms with Crippen molar-refractivity contribution < 1.29 is 0 Å². The fraction of sp³-hybridized carbons (Fsp3) is 0. The first kappa shape index (κ1) is 49.1. The number of fused-ring (bicyclic) bond motifs is 4. The number of aromatic nitrogens is 3. The normalized spacial score (nSPS) is 11.4. The second kappa shape index (κ2) is 21.2. The molecule has 0 spiro atoms. The molecule has 15 rings (SSSR count). The van der Waals surface area contributed by atoms with Gasteiger partial charge in [-0.1, -0.05) is 261 Å². The van der Waals surface area contributed by atoms with Crippen LogP contribution in [0.1, 0.15) is 0 Å². The summed E-state index contributed by atoms with van der Waals surface area (Å²) in [5.41, 5.74) is 24.3. The van der Waals surface area contributed by atoms with E-state index in [4.69, 9.17) is 9.97 Å². The van der Waals surface area contributed by atoms with Crippen LogP contribution < -0.4 is 0 Å². The molecule has 0 unspecified atom stereocenters. The van der Waals surface area contributed by atoms with Crippen LogP contribution in [0.3, 0.4) is 0 Å². The molecule has 0 amide bonds. The predicted octanol–water partition coefficient (Wildman–Crippen LogP) is 21.4. The number of hydrogen-bond donors (Lipinski definition) is 0. The van der Waals surface area contributed by atoms with Gasteiger partial charge in [-0.05, 0) is 149 Å². The molecule has 0 aliphatic rings. The first-order chi connectivity index (χ1) is 41.2. The monoisotopic (exact) mass is 1060 g/mol. The van der Waals surface area contributed by atoms with E-state index in [1.54, 1.807) is 0 Å². The highest BCUT2D eigenvalue weighted by Crippen LogP contribution is 2.51. The van der Waals surface area contributed by atoms with E-state index in [0.717, 1.165) is 106 Å². The maximum Gasteiger partial charge on any atom is 0.161 e. The Morgan fingerprint density at radius 1 is 0.229 bits per heavy atom. The highest BCUT2D eigenvalue weighted by molar-refractivity contribution is 6.18. The Kier molecular flexibility index (Phi) is 12.6. The van der Waals surface area contributed by atoms with Crippen LogP contribution in [0.5, 0.6) is 0 Å². The van der Waals surface area contributed by atoms with Crippen molar-refractivity contribution in [3.8, 4) is 117 Å². The molecule has 83 heavy (non-hydrogen) atoms. The molecule has 0 aliphatic carbocycles. The zero-order valence-electron chi connectivity index (χ0n) is 45.4. The predicted molar refractivity (Wildman–Crippen MR) is 348 cm³/mol. The Morgan fingerprint density at radius 2 is 0.639 bits per heavy atom. The fourth-order valence-electron chi connectivity index (χ4n) is 12.3. The Bertz CT molecular complexity index is 4830.